The van der Waals surface area contributed by atoms with Crippen molar-refractivity contribution < 1.29 is 28.2 Å². The minimum Gasteiger partial charge on any atom is -0.463 e. The van der Waals surface area contributed by atoms with Gasteiger partial charge in [0.1, 0.15) is 18.5 Å². The number of halogens is 1. The van der Waals surface area contributed by atoms with Crippen LogP contribution in [0.1, 0.15) is 70.8 Å². The van der Waals surface area contributed by atoms with Crippen molar-refractivity contribution in [3.05, 3.63) is 12.2 Å². The number of hydrogen-bond acceptors (Lipinski definition) is 9. The summed E-state index contributed by atoms with van der Waals surface area (Å²) in [5, 5.41) is 2.96. The summed E-state index contributed by atoms with van der Waals surface area (Å²) in [4.78, 5) is 37.7. The number of carbonyl (C=O) groups excluding carboxylic acids is 2. The van der Waals surface area contributed by atoms with Gasteiger partial charge in [0.05, 0.1) is 6.33 Å². The van der Waals surface area contributed by atoms with Crippen molar-refractivity contribution in [2.45, 2.75) is 89.8 Å². The van der Waals surface area contributed by atoms with Gasteiger partial charge >= 0.3 is 11.9 Å². The van der Waals surface area contributed by atoms with E-state index in [1.165, 1.54) is 24.2 Å². The number of imidazole rings is 1. The lowest BCUT2D eigenvalue weighted by molar-refractivity contribution is -0.161. The molecule has 10 nitrogen and oxygen atoms in total. The summed E-state index contributed by atoms with van der Waals surface area (Å²) in [6.45, 7) is 4.45. The molecule has 0 amide bonds. The second kappa shape index (κ2) is 10.4. The molecule has 3 heterocycles. The Bertz CT molecular complexity index is 1070. The van der Waals surface area contributed by atoms with Gasteiger partial charge < -0.3 is 19.5 Å². The highest BCUT2D eigenvalue weighted by Gasteiger charge is 2.58. The maximum atomic E-state index is 16.3. The van der Waals surface area contributed by atoms with Gasteiger partial charge in [-0.1, -0.05) is 26.2 Å². The Morgan fingerprint density at radius 3 is 2.69 bits per heavy atom. The molecule has 1 saturated heterocycles. The quantitative estimate of drug-likeness (QED) is 0.552. The van der Waals surface area contributed by atoms with Crippen molar-refractivity contribution in [3.8, 4) is 0 Å². The van der Waals surface area contributed by atoms with Crippen molar-refractivity contribution in [2.24, 2.45) is 5.92 Å². The van der Waals surface area contributed by atoms with E-state index in [4.69, 9.17) is 14.2 Å². The molecule has 2 fully saturated rings. The number of aromatic nitrogens is 4. The van der Waals surface area contributed by atoms with Crippen LogP contribution in [-0.2, 0) is 23.8 Å². The summed E-state index contributed by atoms with van der Waals surface area (Å²) in [6, 6.07) is 0. The monoisotopic (exact) mass is 491 g/mol. The normalized spacial score (nSPS) is 27.2. The molecule has 0 radical (unpaired) electrons. The lowest BCUT2D eigenvalue weighted by Gasteiger charge is -2.27. The minimum atomic E-state index is -2.14. The predicted molar refractivity (Wildman–Crippen MR) is 125 cm³/mol. The van der Waals surface area contributed by atoms with Crippen molar-refractivity contribution in [2.75, 3.05) is 19.0 Å². The van der Waals surface area contributed by atoms with Crippen molar-refractivity contribution >= 4 is 28.9 Å². The summed E-state index contributed by atoms with van der Waals surface area (Å²) < 4.78 is 34.8. The highest BCUT2D eigenvalue weighted by atomic mass is 19.1. The van der Waals surface area contributed by atoms with Gasteiger partial charge in [-0.3, -0.25) is 14.2 Å². The van der Waals surface area contributed by atoms with Crippen LogP contribution in [0, 0.1) is 12.8 Å². The van der Waals surface area contributed by atoms with E-state index >= 15 is 4.39 Å². The smallest absolute Gasteiger partial charge is 0.306 e. The number of esters is 2. The van der Waals surface area contributed by atoms with Crippen LogP contribution in [0.3, 0.4) is 0 Å². The Labute approximate surface area is 203 Å². The van der Waals surface area contributed by atoms with Crippen LogP contribution in [-0.4, -0.2) is 63.0 Å². The van der Waals surface area contributed by atoms with Crippen molar-refractivity contribution in [1.29, 1.82) is 0 Å². The molecule has 11 heteroatoms. The second-order valence-electron chi connectivity index (χ2n) is 9.53. The van der Waals surface area contributed by atoms with E-state index in [0.717, 1.165) is 25.7 Å². The molecule has 0 spiro atoms. The number of alkyl halides is 1. The molecule has 1 saturated carbocycles. The van der Waals surface area contributed by atoms with Gasteiger partial charge in [0.2, 0.25) is 0 Å². The number of aryl methyl sites for hydroxylation is 1. The van der Waals surface area contributed by atoms with Gasteiger partial charge in [-0.2, -0.15) is 0 Å². The molecule has 0 aromatic carbocycles. The van der Waals surface area contributed by atoms with Gasteiger partial charge in [0.25, 0.3) is 0 Å². The highest BCUT2D eigenvalue weighted by molar-refractivity contribution is 5.83. The van der Waals surface area contributed by atoms with E-state index in [-0.39, 0.29) is 19.0 Å². The van der Waals surface area contributed by atoms with E-state index in [1.54, 1.807) is 20.9 Å². The number of ether oxygens (including phenoxy) is 3. The van der Waals surface area contributed by atoms with Crippen LogP contribution in [0.4, 0.5) is 10.2 Å². The average Bonchev–Trinajstić information content (AvgIpc) is 3.35. The summed E-state index contributed by atoms with van der Waals surface area (Å²) in [7, 11) is 1.71. The Morgan fingerprint density at radius 2 is 2.00 bits per heavy atom. The van der Waals surface area contributed by atoms with E-state index in [0.29, 0.717) is 35.1 Å². The second-order valence-corrected chi connectivity index (χ2v) is 9.53. The number of anilines is 1. The fourth-order valence-electron chi connectivity index (χ4n) is 4.99. The molecule has 2 aliphatic rings. The molecule has 0 unspecified atom stereocenters. The molecule has 2 aromatic rings. The molecule has 192 valence electrons. The van der Waals surface area contributed by atoms with Gasteiger partial charge in [-0.05, 0) is 32.6 Å². The number of hydrogen-bond donors (Lipinski definition) is 1. The van der Waals surface area contributed by atoms with Crippen LogP contribution in [0.2, 0.25) is 0 Å². The first kappa shape index (κ1) is 25.3. The van der Waals surface area contributed by atoms with Crippen LogP contribution < -0.4 is 5.32 Å². The number of nitrogens with zero attached hydrogens (tertiary/aromatic N) is 4. The lowest BCUT2D eigenvalue weighted by atomic mass is 9.87. The Kier molecular flexibility index (Phi) is 7.53. The van der Waals surface area contributed by atoms with Gasteiger partial charge in [0, 0.05) is 19.9 Å². The maximum absolute atomic E-state index is 16.3. The van der Waals surface area contributed by atoms with E-state index in [1.807, 2.05) is 0 Å². The number of carbonyl (C=O) groups is 2. The molecule has 1 aliphatic heterocycles. The van der Waals surface area contributed by atoms with Crippen molar-refractivity contribution in [1.82, 2.24) is 19.5 Å². The van der Waals surface area contributed by atoms with Crippen LogP contribution >= 0.6 is 0 Å². The Hall–Kier alpha value is -2.82. The minimum absolute atomic E-state index is 0.0807. The standard InChI is InChI=1S/C24H34FN5O5/c1-5-17(31)35-20-16(12-33-18(32)11-15-9-7-6-8-10-15)34-23(24(20,3)25)30-13-27-19-21(26-4)28-14(2)29-22(19)30/h13,15-16,20,23H,5-12H2,1-4H3,(H,26,28,29)/t16-,20-,23-,24-/m1/s1. The summed E-state index contributed by atoms with van der Waals surface area (Å²) in [5.41, 5.74) is -1.30. The number of fused-ring (bicyclic) bond motifs is 1. The molecule has 2 aromatic heterocycles. The van der Waals surface area contributed by atoms with E-state index in [9.17, 15) is 9.59 Å². The molecule has 4 atom stereocenters. The molecule has 1 aliphatic carbocycles. The van der Waals surface area contributed by atoms with Crippen LogP contribution in [0.5, 0.6) is 0 Å². The average molecular weight is 492 g/mol. The Balaban J connectivity index is 1.56. The first-order valence-corrected chi connectivity index (χ1v) is 12.3. The van der Waals surface area contributed by atoms with E-state index < -0.39 is 30.1 Å². The highest BCUT2D eigenvalue weighted by Crippen LogP contribution is 2.44. The van der Waals surface area contributed by atoms with Gasteiger partial charge in [-0.25, -0.2) is 19.3 Å². The Morgan fingerprint density at radius 1 is 1.26 bits per heavy atom. The van der Waals surface area contributed by atoms with Crippen LogP contribution in [0.15, 0.2) is 6.33 Å². The first-order valence-electron chi connectivity index (χ1n) is 12.3. The zero-order chi connectivity index (χ0) is 25.2. The predicted octanol–water partition coefficient (Wildman–Crippen LogP) is 3.64. The van der Waals surface area contributed by atoms with Gasteiger partial charge in [-0.15, -0.1) is 0 Å². The largest absolute Gasteiger partial charge is 0.463 e. The molecule has 35 heavy (non-hydrogen) atoms. The first-order chi connectivity index (χ1) is 16.7. The van der Waals surface area contributed by atoms with E-state index in [2.05, 4.69) is 20.3 Å². The third kappa shape index (κ3) is 5.24. The topological polar surface area (TPSA) is 117 Å². The molecule has 4 rings (SSSR count). The third-order valence-electron chi connectivity index (χ3n) is 6.84. The number of rotatable bonds is 8. The summed E-state index contributed by atoms with van der Waals surface area (Å²) >= 11 is 0. The summed E-state index contributed by atoms with van der Waals surface area (Å²) in [5.74, 6) is 0.388. The fraction of sp³-hybridized carbons (Fsp3) is 0.708. The van der Waals surface area contributed by atoms with Crippen molar-refractivity contribution in [3.63, 3.8) is 0 Å². The molecular weight excluding hydrogens is 457 g/mol. The molecule has 0 bridgehead atoms. The zero-order valence-corrected chi connectivity index (χ0v) is 20.8. The molecular formula is C24H34FN5O5. The fourth-order valence-corrected chi connectivity index (χ4v) is 4.99. The SMILES string of the molecule is CCC(=O)O[C@@H]1[C@@H](COC(=O)CC2CCCCC2)O[C@@H](n2cnc3c(NC)nc(C)nc32)[C@]1(C)F. The van der Waals surface area contributed by atoms with Gasteiger partial charge in [0.15, 0.2) is 35.0 Å². The van der Waals surface area contributed by atoms with Crippen LogP contribution in [0.25, 0.3) is 11.2 Å². The molecule has 1 N–H and O–H groups in total. The lowest BCUT2D eigenvalue weighted by Crippen LogP contribution is -2.44. The maximum Gasteiger partial charge on any atom is 0.306 e. The zero-order valence-electron chi connectivity index (χ0n) is 20.8. The number of nitrogens with one attached hydrogen (secondary N) is 1. The third-order valence-corrected chi connectivity index (χ3v) is 6.84. The summed E-state index contributed by atoms with van der Waals surface area (Å²) in [6.07, 6.45) is 3.86.